The lowest BCUT2D eigenvalue weighted by atomic mass is 10.1. The molecule has 0 spiro atoms. The van der Waals surface area contributed by atoms with Crippen LogP contribution < -0.4 is 15.8 Å². The first-order valence-electron chi connectivity index (χ1n) is 11.2. The molecule has 5 rings (SSSR count). The predicted octanol–water partition coefficient (Wildman–Crippen LogP) is 5.61. The molecule has 0 unspecified atom stereocenters. The Morgan fingerprint density at radius 1 is 1.11 bits per heavy atom. The molecule has 0 aliphatic heterocycles. The number of para-hydroxylation sites is 1. The van der Waals surface area contributed by atoms with E-state index >= 15 is 0 Å². The highest BCUT2D eigenvalue weighted by Gasteiger charge is 2.33. The number of pyridine rings is 1. The van der Waals surface area contributed by atoms with Crippen molar-refractivity contribution >= 4 is 27.8 Å². The van der Waals surface area contributed by atoms with Crippen LogP contribution in [0.15, 0.2) is 63.6 Å². The normalized spacial score (nSPS) is 12.7. The quantitative estimate of drug-likeness (QED) is 0.305. The summed E-state index contributed by atoms with van der Waals surface area (Å²) in [6, 6.07) is 11.9. The fraction of sp³-hybridized carbons (Fsp3) is 0.192. The summed E-state index contributed by atoms with van der Waals surface area (Å²) in [5, 5.41) is 3.97. The van der Waals surface area contributed by atoms with Gasteiger partial charge in [0, 0.05) is 28.4 Å². The van der Waals surface area contributed by atoms with Crippen LogP contribution in [0.1, 0.15) is 40.5 Å². The van der Waals surface area contributed by atoms with Gasteiger partial charge in [0.1, 0.15) is 22.5 Å². The molecule has 8 nitrogen and oxygen atoms in total. The zero-order valence-electron chi connectivity index (χ0n) is 19.7. The first-order valence-corrected chi connectivity index (χ1v) is 11.2. The number of ether oxygens (including phenoxy) is 1. The van der Waals surface area contributed by atoms with E-state index in [1.807, 2.05) is 24.3 Å². The Morgan fingerprint density at radius 2 is 1.89 bits per heavy atom. The Hall–Kier alpha value is -4.38. The van der Waals surface area contributed by atoms with Crippen molar-refractivity contribution in [3.63, 3.8) is 0 Å². The molecule has 3 aromatic heterocycles. The Kier molecular flexibility index (Phi) is 6.08. The van der Waals surface area contributed by atoms with E-state index in [2.05, 4.69) is 15.3 Å². The van der Waals surface area contributed by atoms with Gasteiger partial charge in [-0.05, 0) is 37.3 Å². The van der Waals surface area contributed by atoms with Crippen LogP contribution in [0.4, 0.5) is 13.2 Å². The van der Waals surface area contributed by atoms with Gasteiger partial charge in [-0.25, -0.2) is 9.97 Å². The van der Waals surface area contributed by atoms with Gasteiger partial charge in [0.15, 0.2) is 11.5 Å². The molecule has 3 N–H and O–H groups in total. The summed E-state index contributed by atoms with van der Waals surface area (Å²) in [4.78, 5) is 21.2. The molecule has 5 aromatic rings. The summed E-state index contributed by atoms with van der Waals surface area (Å²) >= 11 is 0. The monoisotopic (exact) mass is 510 g/mol. The van der Waals surface area contributed by atoms with E-state index in [9.17, 15) is 18.0 Å². The van der Waals surface area contributed by atoms with Gasteiger partial charge < -0.3 is 24.6 Å². The summed E-state index contributed by atoms with van der Waals surface area (Å²) < 4.78 is 56.4. The standard InChI is InChI=1S/C26H21F3N4O4/c1-13(30)23-22(24(34)31-11-14-12-36-18-6-4-3-5-15(14)18)33-25(37-23)17-7-9-19(35-2)21-16(17)8-10-20(32-21)26(27,28)29/h3-10,12-13H,11,30H2,1-2H3,(H,31,34)/t13-/m1/s1. The number of nitrogens with one attached hydrogen (secondary N) is 1. The average molecular weight is 510 g/mol. The van der Waals surface area contributed by atoms with E-state index in [1.54, 1.807) is 19.3 Å². The van der Waals surface area contributed by atoms with Gasteiger partial charge in [0.25, 0.3) is 5.91 Å². The van der Waals surface area contributed by atoms with E-state index in [4.69, 9.17) is 19.3 Å². The number of alkyl halides is 3. The van der Waals surface area contributed by atoms with Gasteiger partial charge in [-0.15, -0.1) is 0 Å². The van der Waals surface area contributed by atoms with E-state index in [-0.39, 0.29) is 35.2 Å². The van der Waals surface area contributed by atoms with Crippen LogP contribution in [0.3, 0.4) is 0 Å². The maximum Gasteiger partial charge on any atom is 0.433 e. The van der Waals surface area contributed by atoms with Gasteiger partial charge >= 0.3 is 6.18 Å². The average Bonchev–Trinajstić information content (AvgIpc) is 3.51. The number of benzene rings is 2. The number of hydrogen-bond donors (Lipinski definition) is 2. The van der Waals surface area contributed by atoms with Gasteiger partial charge in [-0.2, -0.15) is 13.2 Å². The lowest BCUT2D eigenvalue weighted by Gasteiger charge is -2.11. The Morgan fingerprint density at radius 3 is 2.62 bits per heavy atom. The van der Waals surface area contributed by atoms with Crippen LogP contribution in [0.2, 0.25) is 0 Å². The van der Waals surface area contributed by atoms with Crippen molar-refractivity contribution in [1.29, 1.82) is 0 Å². The fourth-order valence-electron chi connectivity index (χ4n) is 4.05. The molecule has 3 heterocycles. The van der Waals surface area contributed by atoms with Crippen molar-refractivity contribution < 1.29 is 31.5 Å². The topological polar surface area (TPSA) is 116 Å². The molecule has 0 aliphatic carbocycles. The first kappa shape index (κ1) is 24.3. The lowest BCUT2D eigenvalue weighted by molar-refractivity contribution is -0.140. The molecule has 0 saturated heterocycles. The summed E-state index contributed by atoms with van der Waals surface area (Å²) in [6.07, 6.45) is -3.07. The summed E-state index contributed by atoms with van der Waals surface area (Å²) in [7, 11) is 1.33. The number of hydrogen-bond acceptors (Lipinski definition) is 7. The summed E-state index contributed by atoms with van der Waals surface area (Å²) in [5.41, 5.74) is 6.75. The molecule has 1 atom stereocenters. The van der Waals surface area contributed by atoms with Gasteiger partial charge in [-0.1, -0.05) is 18.2 Å². The third kappa shape index (κ3) is 4.49. The van der Waals surface area contributed by atoms with Crippen molar-refractivity contribution in [2.45, 2.75) is 25.7 Å². The molecule has 2 aromatic carbocycles. The van der Waals surface area contributed by atoms with Crippen LogP contribution in [0.25, 0.3) is 33.3 Å². The van der Waals surface area contributed by atoms with E-state index in [0.717, 1.165) is 17.0 Å². The third-order valence-electron chi connectivity index (χ3n) is 5.84. The van der Waals surface area contributed by atoms with Crippen molar-refractivity contribution in [2.75, 3.05) is 7.11 Å². The largest absolute Gasteiger partial charge is 0.494 e. The van der Waals surface area contributed by atoms with Crippen LogP contribution in [0.5, 0.6) is 5.75 Å². The number of nitrogens with two attached hydrogens (primary N) is 1. The van der Waals surface area contributed by atoms with E-state index < -0.39 is 23.8 Å². The Balaban J connectivity index is 1.52. The molecule has 0 bridgehead atoms. The molecule has 0 aliphatic rings. The maximum absolute atomic E-state index is 13.3. The lowest BCUT2D eigenvalue weighted by Crippen LogP contribution is -2.25. The van der Waals surface area contributed by atoms with E-state index in [1.165, 1.54) is 19.2 Å². The molecule has 37 heavy (non-hydrogen) atoms. The zero-order valence-corrected chi connectivity index (χ0v) is 19.7. The molecule has 1 amide bonds. The van der Waals surface area contributed by atoms with Crippen LogP contribution in [0, 0.1) is 0 Å². The first-order chi connectivity index (χ1) is 17.7. The molecule has 0 saturated carbocycles. The highest BCUT2D eigenvalue weighted by Crippen LogP contribution is 2.37. The van der Waals surface area contributed by atoms with Gasteiger partial charge in [-0.3, -0.25) is 4.79 Å². The zero-order chi connectivity index (χ0) is 26.3. The summed E-state index contributed by atoms with van der Waals surface area (Å²) in [5.74, 6) is -0.231. The minimum absolute atomic E-state index is 0.0143. The molecular weight excluding hydrogens is 489 g/mol. The van der Waals surface area contributed by atoms with Gasteiger partial charge in [0.05, 0.1) is 19.4 Å². The number of aromatic nitrogens is 2. The molecule has 190 valence electrons. The van der Waals surface area contributed by atoms with Crippen molar-refractivity contribution in [1.82, 2.24) is 15.3 Å². The minimum Gasteiger partial charge on any atom is -0.494 e. The number of fused-ring (bicyclic) bond motifs is 2. The number of halogens is 3. The number of amides is 1. The smallest absolute Gasteiger partial charge is 0.433 e. The number of furan rings is 1. The number of rotatable bonds is 6. The molecular formula is C26H21F3N4O4. The van der Waals surface area contributed by atoms with Crippen molar-refractivity contribution in [3.05, 3.63) is 77.5 Å². The number of carbonyl (C=O) groups is 1. The second kappa shape index (κ2) is 9.25. The Bertz CT molecular complexity index is 1620. The number of carbonyl (C=O) groups excluding carboxylic acids is 1. The third-order valence-corrected chi connectivity index (χ3v) is 5.84. The van der Waals surface area contributed by atoms with Crippen molar-refractivity contribution in [2.24, 2.45) is 5.73 Å². The van der Waals surface area contributed by atoms with Crippen LogP contribution >= 0.6 is 0 Å². The SMILES string of the molecule is COc1ccc(-c2nc(C(=O)NCc3coc4ccccc34)c([C@@H](C)N)o2)c2ccc(C(F)(F)F)nc12. The van der Waals surface area contributed by atoms with Crippen LogP contribution in [-0.4, -0.2) is 23.0 Å². The predicted molar refractivity (Wildman–Crippen MR) is 129 cm³/mol. The molecule has 11 heteroatoms. The second-order valence-corrected chi connectivity index (χ2v) is 8.37. The molecule has 0 fully saturated rings. The summed E-state index contributed by atoms with van der Waals surface area (Å²) in [6.45, 7) is 1.81. The highest BCUT2D eigenvalue weighted by molar-refractivity contribution is 5.98. The Labute approximate surface area is 208 Å². The van der Waals surface area contributed by atoms with Crippen LogP contribution in [-0.2, 0) is 12.7 Å². The molecule has 0 radical (unpaired) electrons. The number of oxazole rings is 1. The fourth-order valence-corrected chi connectivity index (χ4v) is 4.05. The van der Waals surface area contributed by atoms with Gasteiger partial charge in [0.2, 0.25) is 5.89 Å². The minimum atomic E-state index is -4.63. The number of methoxy groups -OCH3 is 1. The van der Waals surface area contributed by atoms with Crippen molar-refractivity contribution in [3.8, 4) is 17.2 Å². The maximum atomic E-state index is 13.3. The highest BCUT2D eigenvalue weighted by atomic mass is 19.4. The van der Waals surface area contributed by atoms with E-state index in [0.29, 0.717) is 16.5 Å². The number of nitrogens with zero attached hydrogens (tertiary/aromatic N) is 2. The second-order valence-electron chi connectivity index (χ2n) is 8.37.